The Kier molecular flexibility index (Phi) is 5.32. The number of ether oxygens (including phenoxy) is 2. The van der Waals surface area contributed by atoms with Crippen LogP contribution in [-0.2, 0) is 9.31 Å². The molecule has 27 heavy (non-hydrogen) atoms. The molecule has 2 aliphatic rings. The summed E-state index contributed by atoms with van der Waals surface area (Å²) in [7, 11) is 1.14. The summed E-state index contributed by atoms with van der Waals surface area (Å²) in [5.74, 6) is 1.26. The molecule has 0 spiro atoms. The summed E-state index contributed by atoms with van der Waals surface area (Å²) in [6, 6.07) is 5.67. The Hall–Kier alpha value is -1.93. The fraction of sp³-hybridized carbons (Fsp3) is 0.632. The van der Waals surface area contributed by atoms with Gasteiger partial charge >= 0.3 is 13.2 Å². The largest absolute Gasteiger partial charge is 0.494 e. The van der Waals surface area contributed by atoms with Gasteiger partial charge < -0.3 is 28.8 Å². The van der Waals surface area contributed by atoms with Crippen LogP contribution in [0.15, 0.2) is 18.2 Å². The van der Waals surface area contributed by atoms with Crippen LogP contribution >= 0.6 is 0 Å². The molecule has 1 N–H and O–H groups in total. The number of hydrogen-bond donors (Lipinski definition) is 1. The van der Waals surface area contributed by atoms with Crippen molar-refractivity contribution in [2.24, 2.45) is 0 Å². The van der Waals surface area contributed by atoms with E-state index in [2.05, 4.69) is 0 Å². The number of likely N-dealkylation sites (tertiary alicyclic amines) is 1. The van der Waals surface area contributed by atoms with Crippen LogP contribution in [0.3, 0.4) is 0 Å². The minimum absolute atomic E-state index is 0.0304. The second-order valence-electron chi connectivity index (χ2n) is 8.09. The topological polar surface area (TPSA) is 77.5 Å². The number of carbonyl (C=O) groups is 1. The van der Waals surface area contributed by atoms with Crippen molar-refractivity contribution in [1.29, 1.82) is 0 Å². The zero-order valence-electron chi connectivity index (χ0n) is 16.7. The van der Waals surface area contributed by atoms with Crippen molar-refractivity contribution in [3.63, 3.8) is 0 Å². The standard InChI is InChI=1S/C19H28BNO6/c1-18(2)19(3,4)27-20(26-18)13-6-7-15(16(12-13)24-5)25-14-8-10-21(11-9-14)17(22)23/h6-7,12,14H,8-11H2,1-5H3,(H,22,23). The van der Waals surface area contributed by atoms with Gasteiger partial charge in [0.25, 0.3) is 0 Å². The molecule has 0 bridgehead atoms. The molecule has 0 aromatic heterocycles. The van der Waals surface area contributed by atoms with E-state index in [4.69, 9.17) is 23.9 Å². The van der Waals surface area contributed by atoms with Gasteiger partial charge in [0.05, 0.1) is 18.3 Å². The van der Waals surface area contributed by atoms with E-state index < -0.39 is 24.4 Å². The number of hydrogen-bond acceptors (Lipinski definition) is 5. The summed E-state index contributed by atoms with van der Waals surface area (Å²) < 4.78 is 23.8. The summed E-state index contributed by atoms with van der Waals surface area (Å²) in [6.45, 7) is 9.04. The van der Waals surface area contributed by atoms with Crippen molar-refractivity contribution in [3.8, 4) is 11.5 Å². The Labute approximate surface area is 160 Å². The molecule has 0 aliphatic carbocycles. The van der Waals surface area contributed by atoms with Crippen molar-refractivity contribution in [1.82, 2.24) is 4.90 Å². The summed E-state index contributed by atoms with van der Waals surface area (Å²) in [6.07, 6.45) is 0.415. The lowest BCUT2D eigenvalue weighted by Crippen LogP contribution is -2.41. The smallest absolute Gasteiger partial charge is 0.493 e. The average Bonchev–Trinajstić information content (AvgIpc) is 2.83. The number of rotatable bonds is 4. The lowest BCUT2D eigenvalue weighted by atomic mass is 9.79. The van der Waals surface area contributed by atoms with E-state index in [1.54, 1.807) is 7.11 Å². The fourth-order valence-corrected chi connectivity index (χ4v) is 3.25. The lowest BCUT2D eigenvalue weighted by Gasteiger charge is -2.32. The molecule has 2 heterocycles. The predicted molar refractivity (Wildman–Crippen MR) is 102 cm³/mol. The third-order valence-corrected chi connectivity index (χ3v) is 5.72. The van der Waals surface area contributed by atoms with Gasteiger partial charge in [0, 0.05) is 25.9 Å². The van der Waals surface area contributed by atoms with Gasteiger partial charge in [-0.2, -0.15) is 0 Å². The first kappa shape index (κ1) is 19.8. The van der Waals surface area contributed by atoms with Crippen LogP contribution in [0.5, 0.6) is 11.5 Å². The summed E-state index contributed by atoms with van der Waals surface area (Å²) in [5, 5.41) is 9.05. The molecule has 0 saturated carbocycles. The molecule has 148 valence electrons. The molecule has 8 heteroatoms. The van der Waals surface area contributed by atoms with Gasteiger partial charge in [0.2, 0.25) is 0 Å². The molecule has 0 unspecified atom stereocenters. The molecule has 7 nitrogen and oxygen atoms in total. The Morgan fingerprint density at radius 1 is 1.15 bits per heavy atom. The first-order valence-electron chi connectivity index (χ1n) is 9.31. The average molecular weight is 377 g/mol. The van der Waals surface area contributed by atoms with Gasteiger partial charge in [0.15, 0.2) is 11.5 Å². The predicted octanol–water partition coefficient (Wildman–Crippen LogP) is 2.52. The fourth-order valence-electron chi connectivity index (χ4n) is 3.25. The Balaban J connectivity index is 1.70. The van der Waals surface area contributed by atoms with Crippen LogP contribution in [0.2, 0.25) is 0 Å². The van der Waals surface area contributed by atoms with E-state index in [0.29, 0.717) is 37.4 Å². The third-order valence-electron chi connectivity index (χ3n) is 5.72. The molecule has 2 saturated heterocycles. The van der Waals surface area contributed by atoms with Gasteiger partial charge in [-0.05, 0) is 45.3 Å². The maximum absolute atomic E-state index is 11.0. The Morgan fingerprint density at radius 2 is 1.74 bits per heavy atom. The number of carboxylic acid groups (broad SMARTS) is 1. The van der Waals surface area contributed by atoms with Gasteiger partial charge in [-0.15, -0.1) is 0 Å². The molecule has 0 radical (unpaired) electrons. The van der Waals surface area contributed by atoms with Crippen LogP contribution in [0.4, 0.5) is 4.79 Å². The van der Waals surface area contributed by atoms with Crippen molar-refractivity contribution in [2.45, 2.75) is 57.8 Å². The number of amides is 1. The Morgan fingerprint density at radius 3 is 2.26 bits per heavy atom. The van der Waals surface area contributed by atoms with Crippen LogP contribution in [0, 0.1) is 0 Å². The first-order chi connectivity index (χ1) is 12.6. The lowest BCUT2D eigenvalue weighted by molar-refractivity contribution is 0.00578. The maximum atomic E-state index is 11.0. The zero-order chi connectivity index (χ0) is 19.8. The van der Waals surface area contributed by atoms with Gasteiger partial charge in [-0.25, -0.2) is 4.79 Å². The van der Waals surface area contributed by atoms with Gasteiger partial charge in [0.1, 0.15) is 6.10 Å². The van der Waals surface area contributed by atoms with Crippen LogP contribution < -0.4 is 14.9 Å². The molecule has 2 aliphatic heterocycles. The normalized spacial score (nSPS) is 22.0. The number of methoxy groups -OCH3 is 1. The molecule has 1 aromatic carbocycles. The van der Waals surface area contributed by atoms with E-state index >= 15 is 0 Å². The molecular formula is C19H28BNO6. The highest BCUT2D eigenvalue weighted by atomic mass is 16.7. The molecule has 1 amide bonds. The van der Waals surface area contributed by atoms with E-state index in [9.17, 15) is 4.79 Å². The van der Waals surface area contributed by atoms with Gasteiger partial charge in [-0.1, -0.05) is 6.07 Å². The molecule has 1 aromatic rings. The first-order valence-corrected chi connectivity index (χ1v) is 9.31. The zero-order valence-corrected chi connectivity index (χ0v) is 16.7. The minimum atomic E-state index is -0.877. The Bertz CT molecular complexity index is 683. The van der Waals surface area contributed by atoms with E-state index in [-0.39, 0.29) is 6.10 Å². The second kappa shape index (κ2) is 7.24. The second-order valence-corrected chi connectivity index (χ2v) is 8.09. The number of piperidine rings is 1. The van der Waals surface area contributed by atoms with Crippen molar-refractivity contribution >= 4 is 18.7 Å². The van der Waals surface area contributed by atoms with E-state index in [1.165, 1.54) is 4.90 Å². The minimum Gasteiger partial charge on any atom is -0.493 e. The van der Waals surface area contributed by atoms with Crippen molar-refractivity contribution in [3.05, 3.63) is 18.2 Å². The SMILES string of the molecule is COc1cc(B2OC(C)(C)C(C)(C)O2)ccc1OC1CCN(C(=O)O)CC1. The maximum Gasteiger partial charge on any atom is 0.494 e. The number of nitrogens with zero attached hydrogens (tertiary/aromatic N) is 1. The molecule has 2 fully saturated rings. The molecule has 0 atom stereocenters. The molecule has 3 rings (SSSR count). The third kappa shape index (κ3) is 4.01. The highest BCUT2D eigenvalue weighted by Crippen LogP contribution is 2.37. The quantitative estimate of drug-likeness (QED) is 0.813. The van der Waals surface area contributed by atoms with Crippen molar-refractivity contribution < 1.29 is 28.7 Å². The van der Waals surface area contributed by atoms with E-state index in [1.807, 2.05) is 45.9 Å². The summed E-state index contributed by atoms with van der Waals surface area (Å²) in [4.78, 5) is 12.4. The van der Waals surface area contributed by atoms with Crippen molar-refractivity contribution in [2.75, 3.05) is 20.2 Å². The highest BCUT2D eigenvalue weighted by molar-refractivity contribution is 6.62. The summed E-state index contributed by atoms with van der Waals surface area (Å²) in [5.41, 5.74) is 0.0645. The van der Waals surface area contributed by atoms with Crippen LogP contribution in [-0.4, -0.2) is 60.7 Å². The van der Waals surface area contributed by atoms with Crippen LogP contribution in [0.25, 0.3) is 0 Å². The summed E-state index contributed by atoms with van der Waals surface area (Å²) >= 11 is 0. The number of benzene rings is 1. The molecular weight excluding hydrogens is 349 g/mol. The van der Waals surface area contributed by atoms with Crippen LogP contribution in [0.1, 0.15) is 40.5 Å². The van der Waals surface area contributed by atoms with Gasteiger partial charge in [-0.3, -0.25) is 0 Å². The highest BCUT2D eigenvalue weighted by Gasteiger charge is 2.51. The monoisotopic (exact) mass is 377 g/mol. The van der Waals surface area contributed by atoms with E-state index in [0.717, 1.165) is 5.46 Å².